The molecule has 0 aliphatic heterocycles. The van der Waals surface area contributed by atoms with Crippen LogP contribution >= 0.6 is 0 Å². The van der Waals surface area contributed by atoms with E-state index in [1.807, 2.05) is 18.3 Å². The summed E-state index contributed by atoms with van der Waals surface area (Å²) in [7, 11) is 0. The highest BCUT2D eigenvalue weighted by atomic mass is 19.1. The molecule has 1 aromatic rings. The minimum absolute atomic E-state index is 0.190. The van der Waals surface area contributed by atoms with Crippen LogP contribution in [-0.2, 0) is 0 Å². The number of rotatable bonds is 11. The van der Waals surface area contributed by atoms with Crippen molar-refractivity contribution in [3.05, 3.63) is 53.6 Å². The minimum atomic E-state index is -0.190. The van der Waals surface area contributed by atoms with E-state index >= 15 is 0 Å². The molecule has 0 spiro atoms. The Balaban J connectivity index is 2.55. The number of benzene rings is 1. The summed E-state index contributed by atoms with van der Waals surface area (Å²) >= 11 is 0. The van der Waals surface area contributed by atoms with Crippen molar-refractivity contribution in [1.82, 2.24) is 5.32 Å². The Kier molecular flexibility index (Phi) is 10.1. The topological polar surface area (TPSA) is 12.0 Å². The number of unbranched alkanes of at least 4 members (excludes halogenated alkanes) is 5. The predicted molar refractivity (Wildman–Crippen MR) is 99.6 cm³/mol. The zero-order chi connectivity index (χ0) is 16.9. The van der Waals surface area contributed by atoms with Crippen molar-refractivity contribution in [1.29, 1.82) is 0 Å². The summed E-state index contributed by atoms with van der Waals surface area (Å²) in [5, 5.41) is 3.46. The summed E-state index contributed by atoms with van der Waals surface area (Å²) < 4.78 is 13.0. The van der Waals surface area contributed by atoms with Gasteiger partial charge in [0.05, 0.1) is 0 Å². The Labute approximate surface area is 141 Å². The second-order valence-corrected chi connectivity index (χ2v) is 6.16. The van der Waals surface area contributed by atoms with E-state index in [1.54, 1.807) is 0 Å². The molecule has 128 valence electrons. The molecule has 1 aromatic carbocycles. The van der Waals surface area contributed by atoms with Gasteiger partial charge in [0, 0.05) is 11.9 Å². The maximum atomic E-state index is 13.0. The molecule has 0 aliphatic carbocycles. The first-order valence-corrected chi connectivity index (χ1v) is 9.05. The monoisotopic (exact) mass is 317 g/mol. The molecule has 2 heteroatoms. The van der Waals surface area contributed by atoms with Gasteiger partial charge in [0.1, 0.15) is 5.82 Å². The van der Waals surface area contributed by atoms with Gasteiger partial charge in [0.25, 0.3) is 0 Å². The fourth-order valence-electron chi connectivity index (χ4n) is 2.47. The molecular formula is C21H32FN. The standard InChI is InChI=1S/C21H32FN/c1-4-6-8-9-10-12-21(11-7-5-2)23-17-18(3)19-13-15-20(22)16-14-19/h11,13-17,23H,4-10,12H2,1-3H3/b18-17+,21-11+. The smallest absolute Gasteiger partial charge is 0.123 e. The Morgan fingerprint density at radius 3 is 2.35 bits per heavy atom. The lowest BCUT2D eigenvalue weighted by Crippen LogP contribution is -2.06. The summed E-state index contributed by atoms with van der Waals surface area (Å²) in [6.45, 7) is 6.51. The molecule has 0 saturated heterocycles. The fourth-order valence-corrected chi connectivity index (χ4v) is 2.47. The Morgan fingerprint density at radius 1 is 1.00 bits per heavy atom. The molecule has 0 heterocycles. The Bertz CT molecular complexity index is 485. The summed E-state index contributed by atoms with van der Waals surface area (Å²) in [4.78, 5) is 0. The van der Waals surface area contributed by atoms with Crippen LogP contribution in [0.5, 0.6) is 0 Å². The van der Waals surface area contributed by atoms with E-state index in [1.165, 1.54) is 56.4 Å². The molecule has 0 aliphatic rings. The molecule has 0 aromatic heterocycles. The summed E-state index contributed by atoms with van der Waals surface area (Å²) in [5.41, 5.74) is 3.49. The van der Waals surface area contributed by atoms with Crippen LogP contribution in [0.4, 0.5) is 4.39 Å². The third kappa shape index (κ3) is 8.59. The van der Waals surface area contributed by atoms with Crippen LogP contribution < -0.4 is 5.32 Å². The average Bonchev–Trinajstić information content (AvgIpc) is 2.56. The highest BCUT2D eigenvalue weighted by molar-refractivity contribution is 5.63. The van der Waals surface area contributed by atoms with Crippen LogP contribution in [0.15, 0.2) is 42.2 Å². The van der Waals surface area contributed by atoms with Crippen molar-refractivity contribution < 1.29 is 4.39 Å². The fraction of sp³-hybridized carbons (Fsp3) is 0.524. The van der Waals surface area contributed by atoms with Crippen molar-refractivity contribution in [3.63, 3.8) is 0 Å². The SMILES string of the molecule is CCC/C=C(\CCCCCCC)N/C=C(\C)c1ccc(F)cc1. The van der Waals surface area contributed by atoms with Crippen LogP contribution in [0, 0.1) is 5.82 Å². The first-order chi connectivity index (χ1) is 11.2. The molecule has 0 amide bonds. The van der Waals surface area contributed by atoms with Crippen LogP contribution in [-0.4, -0.2) is 0 Å². The van der Waals surface area contributed by atoms with Crippen LogP contribution in [0.2, 0.25) is 0 Å². The second kappa shape index (κ2) is 11.9. The Hall–Kier alpha value is -1.57. The Morgan fingerprint density at radius 2 is 1.70 bits per heavy atom. The molecule has 23 heavy (non-hydrogen) atoms. The summed E-state index contributed by atoms with van der Waals surface area (Å²) in [6, 6.07) is 6.66. The molecule has 0 unspecified atom stereocenters. The third-order valence-electron chi connectivity index (χ3n) is 4.00. The van der Waals surface area contributed by atoms with Gasteiger partial charge in [-0.1, -0.05) is 64.2 Å². The maximum Gasteiger partial charge on any atom is 0.123 e. The predicted octanol–water partition coefficient (Wildman–Crippen LogP) is 6.82. The zero-order valence-electron chi connectivity index (χ0n) is 15.0. The lowest BCUT2D eigenvalue weighted by molar-refractivity contribution is 0.622. The van der Waals surface area contributed by atoms with Gasteiger partial charge in [-0.25, -0.2) is 4.39 Å². The van der Waals surface area contributed by atoms with E-state index in [-0.39, 0.29) is 5.82 Å². The van der Waals surface area contributed by atoms with E-state index in [0.717, 1.165) is 24.0 Å². The van der Waals surface area contributed by atoms with Crippen molar-refractivity contribution >= 4 is 5.57 Å². The highest BCUT2D eigenvalue weighted by Crippen LogP contribution is 2.15. The molecule has 1 N–H and O–H groups in total. The second-order valence-electron chi connectivity index (χ2n) is 6.16. The average molecular weight is 317 g/mol. The van der Waals surface area contributed by atoms with E-state index in [2.05, 4.69) is 32.2 Å². The minimum Gasteiger partial charge on any atom is -0.365 e. The molecule has 0 fully saturated rings. The number of hydrogen-bond donors (Lipinski definition) is 1. The third-order valence-corrected chi connectivity index (χ3v) is 4.00. The number of hydrogen-bond acceptors (Lipinski definition) is 1. The van der Waals surface area contributed by atoms with E-state index in [0.29, 0.717) is 0 Å². The first kappa shape index (κ1) is 19.5. The maximum absolute atomic E-state index is 13.0. The van der Waals surface area contributed by atoms with E-state index in [4.69, 9.17) is 0 Å². The van der Waals surface area contributed by atoms with Crippen molar-refractivity contribution in [2.45, 2.75) is 72.1 Å². The zero-order valence-corrected chi connectivity index (χ0v) is 15.0. The van der Waals surface area contributed by atoms with E-state index < -0.39 is 0 Å². The number of nitrogens with one attached hydrogen (secondary N) is 1. The molecule has 0 radical (unpaired) electrons. The summed E-state index contributed by atoms with van der Waals surface area (Å²) in [6.07, 6.45) is 14.3. The van der Waals surface area contributed by atoms with Gasteiger partial charge in [0.2, 0.25) is 0 Å². The molecule has 0 bridgehead atoms. The molecule has 0 saturated carbocycles. The van der Waals surface area contributed by atoms with Gasteiger partial charge in [0.15, 0.2) is 0 Å². The van der Waals surface area contributed by atoms with Gasteiger partial charge >= 0.3 is 0 Å². The molecule has 1 nitrogen and oxygen atoms in total. The van der Waals surface area contributed by atoms with Gasteiger partial charge in [-0.3, -0.25) is 0 Å². The lowest BCUT2D eigenvalue weighted by Gasteiger charge is -2.10. The number of halogens is 1. The van der Waals surface area contributed by atoms with Crippen molar-refractivity contribution in [2.24, 2.45) is 0 Å². The number of allylic oxidation sites excluding steroid dienone is 3. The van der Waals surface area contributed by atoms with Crippen LogP contribution in [0.1, 0.15) is 77.7 Å². The normalized spacial score (nSPS) is 12.5. The van der Waals surface area contributed by atoms with Crippen LogP contribution in [0.3, 0.4) is 0 Å². The first-order valence-electron chi connectivity index (χ1n) is 9.05. The molecule has 0 atom stereocenters. The van der Waals surface area contributed by atoms with Gasteiger partial charge in [-0.15, -0.1) is 0 Å². The van der Waals surface area contributed by atoms with Crippen LogP contribution in [0.25, 0.3) is 5.57 Å². The lowest BCUT2D eigenvalue weighted by atomic mass is 10.1. The summed E-state index contributed by atoms with van der Waals surface area (Å²) in [5.74, 6) is -0.190. The molecular weight excluding hydrogens is 285 g/mol. The van der Waals surface area contributed by atoms with Gasteiger partial charge < -0.3 is 5.32 Å². The largest absolute Gasteiger partial charge is 0.365 e. The van der Waals surface area contributed by atoms with Gasteiger partial charge in [-0.2, -0.15) is 0 Å². The quantitative estimate of drug-likeness (QED) is 0.441. The van der Waals surface area contributed by atoms with E-state index in [9.17, 15) is 4.39 Å². The van der Waals surface area contributed by atoms with Gasteiger partial charge in [-0.05, 0) is 49.5 Å². The molecule has 1 rings (SSSR count). The highest BCUT2D eigenvalue weighted by Gasteiger charge is 1.99. The van der Waals surface area contributed by atoms with Crippen molar-refractivity contribution in [3.8, 4) is 0 Å². The van der Waals surface area contributed by atoms with Crippen molar-refractivity contribution in [2.75, 3.05) is 0 Å².